The molecule has 0 aromatic carbocycles. The van der Waals surface area contributed by atoms with Crippen molar-refractivity contribution in [2.75, 3.05) is 19.8 Å². The Labute approximate surface area is 166 Å². The highest BCUT2D eigenvalue weighted by molar-refractivity contribution is 6.29. The summed E-state index contributed by atoms with van der Waals surface area (Å²) in [5, 5.41) is 9.99. The number of amides is 1. The van der Waals surface area contributed by atoms with Gasteiger partial charge in [-0.15, -0.1) is 0 Å². The number of pyridine rings is 2. The summed E-state index contributed by atoms with van der Waals surface area (Å²) in [6, 6.07) is 6.61. The van der Waals surface area contributed by atoms with E-state index in [4.69, 9.17) is 16.3 Å². The Kier molecular flexibility index (Phi) is 5.13. The first-order chi connectivity index (χ1) is 13.6. The molecule has 0 spiro atoms. The number of aliphatic hydroxyl groups is 1. The number of carbonyl (C=O) groups is 1. The largest absolute Gasteiger partial charge is 0.394 e. The summed E-state index contributed by atoms with van der Waals surface area (Å²) in [4.78, 5) is 22.8. The average molecular weight is 399 g/mol. The predicted octanol–water partition coefficient (Wildman–Crippen LogP) is 2.50. The zero-order chi connectivity index (χ0) is 19.7. The van der Waals surface area contributed by atoms with Crippen molar-refractivity contribution in [2.24, 2.45) is 0 Å². The molecule has 1 amide bonds. The number of nitrogens with zero attached hydrogens (tertiary/aromatic N) is 4. The molecule has 3 aromatic rings. The molecule has 144 valence electrons. The van der Waals surface area contributed by atoms with Crippen LogP contribution in [-0.4, -0.2) is 56.1 Å². The highest BCUT2D eigenvalue weighted by Crippen LogP contribution is 2.32. The molecule has 4 rings (SSSR count). The van der Waals surface area contributed by atoms with Crippen LogP contribution in [0, 0.1) is 0 Å². The van der Waals surface area contributed by atoms with Crippen LogP contribution in [0.25, 0.3) is 16.9 Å². The first-order valence-electron chi connectivity index (χ1n) is 8.84. The fourth-order valence-corrected chi connectivity index (χ4v) is 3.71. The zero-order valence-electron chi connectivity index (χ0n) is 15.0. The molecule has 1 aliphatic heterocycles. The maximum Gasteiger partial charge on any atom is 0.246 e. The van der Waals surface area contributed by atoms with Gasteiger partial charge in [-0.1, -0.05) is 18.2 Å². The predicted molar refractivity (Wildman–Crippen MR) is 105 cm³/mol. The number of ether oxygens (including phenoxy) is 1. The Bertz CT molecular complexity index is 1040. The molecule has 1 N–H and O–H groups in total. The van der Waals surface area contributed by atoms with Crippen molar-refractivity contribution in [3.8, 4) is 11.3 Å². The third kappa shape index (κ3) is 3.40. The smallest absolute Gasteiger partial charge is 0.246 e. The van der Waals surface area contributed by atoms with Crippen LogP contribution in [0.2, 0.25) is 5.15 Å². The summed E-state index contributed by atoms with van der Waals surface area (Å²) in [6.45, 7) is 3.96. The van der Waals surface area contributed by atoms with E-state index >= 15 is 0 Å². The molecule has 4 heterocycles. The summed E-state index contributed by atoms with van der Waals surface area (Å²) >= 11 is 6.30. The summed E-state index contributed by atoms with van der Waals surface area (Å²) in [5.41, 5.74) is 3.11. The number of carbonyl (C=O) groups excluding carboxylic acids is 1. The standard InChI is InChI=1S/C20H19ClN4O3/c1-2-20(27)25-15(10-26)11-28-12-17(25)14-7-16(23-18(21)8-14)13-3-5-24-6-4-22-19(24)9-13/h2-9,15,17,26H,1,10-12H2/t15-,17+/m1/s1. The topological polar surface area (TPSA) is 80.0 Å². The van der Waals surface area contributed by atoms with Crippen LogP contribution in [0.3, 0.4) is 0 Å². The van der Waals surface area contributed by atoms with Gasteiger partial charge in [0, 0.05) is 24.2 Å². The highest BCUT2D eigenvalue weighted by atomic mass is 35.5. The van der Waals surface area contributed by atoms with Crippen molar-refractivity contribution in [2.45, 2.75) is 12.1 Å². The third-order valence-electron chi connectivity index (χ3n) is 4.85. The minimum absolute atomic E-state index is 0.196. The Morgan fingerprint density at radius 1 is 1.36 bits per heavy atom. The number of hydrogen-bond donors (Lipinski definition) is 1. The third-order valence-corrected chi connectivity index (χ3v) is 5.04. The molecular formula is C20H19ClN4O3. The van der Waals surface area contributed by atoms with Crippen molar-refractivity contribution in [1.82, 2.24) is 19.3 Å². The Morgan fingerprint density at radius 2 is 2.21 bits per heavy atom. The molecule has 1 fully saturated rings. The van der Waals surface area contributed by atoms with Gasteiger partial charge in [0.2, 0.25) is 5.91 Å². The van der Waals surface area contributed by atoms with E-state index in [1.165, 1.54) is 6.08 Å². The fourth-order valence-electron chi connectivity index (χ4n) is 3.49. The first-order valence-corrected chi connectivity index (χ1v) is 9.22. The Morgan fingerprint density at radius 3 is 3.00 bits per heavy atom. The number of halogens is 1. The lowest BCUT2D eigenvalue weighted by Gasteiger charge is -2.41. The number of fused-ring (bicyclic) bond motifs is 1. The van der Waals surface area contributed by atoms with E-state index in [1.807, 2.05) is 35.0 Å². The zero-order valence-corrected chi connectivity index (χ0v) is 15.8. The summed E-state index contributed by atoms with van der Waals surface area (Å²) < 4.78 is 7.54. The van der Waals surface area contributed by atoms with Gasteiger partial charge in [-0.2, -0.15) is 0 Å². The second kappa shape index (κ2) is 7.71. The summed E-state index contributed by atoms with van der Waals surface area (Å²) in [6.07, 6.45) is 6.74. The van der Waals surface area contributed by atoms with Crippen LogP contribution in [0.15, 0.2) is 55.5 Å². The van der Waals surface area contributed by atoms with Crippen molar-refractivity contribution in [3.63, 3.8) is 0 Å². The van der Waals surface area contributed by atoms with Crippen LogP contribution >= 0.6 is 11.6 Å². The van der Waals surface area contributed by atoms with Gasteiger partial charge in [-0.25, -0.2) is 9.97 Å². The van der Waals surface area contributed by atoms with E-state index in [0.717, 1.165) is 16.8 Å². The minimum atomic E-state index is -0.444. The highest BCUT2D eigenvalue weighted by Gasteiger charge is 2.34. The molecule has 28 heavy (non-hydrogen) atoms. The second-order valence-corrected chi connectivity index (χ2v) is 6.94. The molecule has 0 aliphatic carbocycles. The van der Waals surface area contributed by atoms with Crippen molar-refractivity contribution in [1.29, 1.82) is 0 Å². The maximum absolute atomic E-state index is 12.5. The minimum Gasteiger partial charge on any atom is -0.394 e. The molecule has 1 saturated heterocycles. The fraction of sp³-hybridized carbons (Fsp3) is 0.250. The van der Waals surface area contributed by atoms with Gasteiger partial charge in [-0.05, 0) is 35.9 Å². The molecule has 8 heteroatoms. The molecule has 1 aliphatic rings. The van der Waals surface area contributed by atoms with E-state index in [2.05, 4.69) is 16.5 Å². The number of morpholine rings is 1. The maximum atomic E-state index is 12.5. The van der Waals surface area contributed by atoms with Gasteiger partial charge in [0.1, 0.15) is 10.8 Å². The molecule has 0 saturated carbocycles. The van der Waals surface area contributed by atoms with Crippen molar-refractivity contribution < 1.29 is 14.6 Å². The van der Waals surface area contributed by atoms with E-state index in [0.29, 0.717) is 17.5 Å². The van der Waals surface area contributed by atoms with Gasteiger partial charge in [0.15, 0.2) is 0 Å². The van der Waals surface area contributed by atoms with Gasteiger partial charge >= 0.3 is 0 Å². The van der Waals surface area contributed by atoms with Crippen LogP contribution in [0.5, 0.6) is 0 Å². The Balaban J connectivity index is 1.76. The van der Waals surface area contributed by atoms with Crippen LogP contribution < -0.4 is 0 Å². The van der Waals surface area contributed by atoms with E-state index < -0.39 is 12.1 Å². The second-order valence-electron chi connectivity index (χ2n) is 6.56. The summed E-state index contributed by atoms with van der Waals surface area (Å²) in [7, 11) is 0. The molecule has 3 aromatic heterocycles. The SMILES string of the molecule is C=CC(=O)N1[C@H](CO)COC[C@H]1c1cc(Cl)nc(-c2ccn3ccnc3c2)c1. The van der Waals surface area contributed by atoms with E-state index in [-0.39, 0.29) is 19.1 Å². The van der Waals surface area contributed by atoms with Gasteiger partial charge in [-0.3, -0.25) is 4.79 Å². The number of aliphatic hydroxyl groups excluding tert-OH is 1. The average Bonchev–Trinajstić information content (AvgIpc) is 3.20. The van der Waals surface area contributed by atoms with Crippen molar-refractivity contribution in [3.05, 3.63) is 66.2 Å². The number of aromatic nitrogens is 3. The van der Waals surface area contributed by atoms with Crippen LogP contribution in [-0.2, 0) is 9.53 Å². The number of imidazole rings is 1. The number of rotatable bonds is 4. The van der Waals surface area contributed by atoms with E-state index in [9.17, 15) is 9.90 Å². The monoisotopic (exact) mass is 398 g/mol. The molecule has 0 unspecified atom stereocenters. The lowest BCUT2D eigenvalue weighted by Crippen LogP contribution is -2.51. The van der Waals surface area contributed by atoms with Crippen LogP contribution in [0.4, 0.5) is 0 Å². The van der Waals surface area contributed by atoms with Crippen LogP contribution in [0.1, 0.15) is 11.6 Å². The van der Waals surface area contributed by atoms with Gasteiger partial charge in [0.25, 0.3) is 0 Å². The molecule has 2 atom stereocenters. The first kappa shape index (κ1) is 18.6. The molecule has 0 radical (unpaired) electrons. The summed E-state index contributed by atoms with van der Waals surface area (Å²) in [5.74, 6) is -0.263. The van der Waals surface area contributed by atoms with E-state index in [1.54, 1.807) is 17.2 Å². The quantitative estimate of drug-likeness (QED) is 0.539. The van der Waals surface area contributed by atoms with Gasteiger partial charge in [0.05, 0.1) is 37.6 Å². The van der Waals surface area contributed by atoms with Gasteiger partial charge < -0.3 is 19.1 Å². The lowest BCUT2D eigenvalue weighted by atomic mass is 10.0. The molecule has 7 nitrogen and oxygen atoms in total. The molecule has 0 bridgehead atoms. The normalized spacial score (nSPS) is 19.7. The molecular weight excluding hydrogens is 380 g/mol. The number of hydrogen-bond acceptors (Lipinski definition) is 5. The lowest BCUT2D eigenvalue weighted by molar-refractivity contribution is -0.143. The van der Waals surface area contributed by atoms with Crippen molar-refractivity contribution >= 4 is 23.2 Å². The Hall–Kier alpha value is -2.74.